The molecule has 0 bridgehead atoms. The van der Waals surface area contributed by atoms with Crippen LogP contribution >= 0.6 is 11.3 Å². The van der Waals surface area contributed by atoms with Gasteiger partial charge in [-0.25, -0.2) is 0 Å². The smallest absolute Gasteiger partial charge is 0.244 e. The van der Waals surface area contributed by atoms with E-state index in [1.165, 1.54) is 0 Å². The standard InChI is InChI=1S/C14H14N2OS/c1-11(13-6-2-3-9-15-13)16-14(17)8-7-12-5-4-10-18-12/h2-11H,1H3,(H,16,17)/b8-7+. The van der Waals surface area contributed by atoms with E-state index in [4.69, 9.17) is 0 Å². The Morgan fingerprint density at radius 3 is 2.94 bits per heavy atom. The first-order valence-electron chi connectivity index (χ1n) is 5.69. The van der Waals surface area contributed by atoms with Gasteiger partial charge in [0.05, 0.1) is 11.7 Å². The molecule has 1 N–H and O–H groups in total. The number of nitrogens with one attached hydrogen (secondary N) is 1. The number of thiophene rings is 1. The van der Waals surface area contributed by atoms with E-state index in [1.54, 1.807) is 23.6 Å². The first kappa shape index (κ1) is 12.5. The first-order chi connectivity index (χ1) is 8.75. The fourth-order valence-electron chi connectivity index (χ4n) is 1.51. The number of carbonyl (C=O) groups is 1. The van der Waals surface area contributed by atoms with Crippen molar-refractivity contribution in [1.82, 2.24) is 10.3 Å². The van der Waals surface area contributed by atoms with Gasteiger partial charge in [-0.2, -0.15) is 0 Å². The Morgan fingerprint density at radius 2 is 2.28 bits per heavy atom. The van der Waals surface area contributed by atoms with Crippen LogP contribution in [0.25, 0.3) is 6.08 Å². The highest BCUT2D eigenvalue weighted by atomic mass is 32.1. The number of aromatic nitrogens is 1. The molecule has 4 heteroatoms. The van der Waals surface area contributed by atoms with Gasteiger partial charge in [-0.05, 0) is 36.6 Å². The zero-order valence-electron chi connectivity index (χ0n) is 10.0. The van der Waals surface area contributed by atoms with Gasteiger partial charge in [-0.1, -0.05) is 12.1 Å². The number of carbonyl (C=O) groups excluding carboxylic acids is 1. The molecule has 0 fully saturated rings. The molecule has 0 aliphatic rings. The lowest BCUT2D eigenvalue weighted by atomic mass is 10.2. The largest absolute Gasteiger partial charge is 0.344 e. The second-order valence-corrected chi connectivity index (χ2v) is 4.81. The molecular formula is C14H14N2OS. The van der Waals surface area contributed by atoms with Crippen LogP contribution in [0.4, 0.5) is 0 Å². The Hall–Kier alpha value is -1.94. The monoisotopic (exact) mass is 258 g/mol. The molecule has 0 saturated carbocycles. The van der Waals surface area contributed by atoms with Gasteiger partial charge in [-0.15, -0.1) is 11.3 Å². The Balaban J connectivity index is 1.92. The molecule has 0 aromatic carbocycles. The average Bonchev–Trinajstić information content (AvgIpc) is 2.90. The lowest BCUT2D eigenvalue weighted by Gasteiger charge is -2.11. The molecule has 0 spiro atoms. The first-order valence-corrected chi connectivity index (χ1v) is 6.56. The molecule has 92 valence electrons. The second kappa shape index (κ2) is 6.12. The summed E-state index contributed by atoms with van der Waals surface area (Å²) in [5.41, 5.74) is 0.857. The molecule has 1 amide bonds. The van der Waals surface area contributed by atoms with Crippen molar-refractivity contribution in [2.24, 2.45) is 0 Å². The van der Waals surface area contributed by atoms with Crippen molar-refractivity contribution < 1.29 is 4.79 Å². The summed E-state index contributed by atoms with van der Waals surface area (Å²) < 4.78 is 0. The quantitative estimate of drug-likeness (QED) is 0.856. The van der Waals surface area contributed by atoms with Crippen LogP contribution in [-0.2, 0) is 4.79 Å². The number of hydrogen-bond acceptors (Lipinski definition) is 3. The lowest BCUT2D eigenvalue weighted by molar-refractivity contribution is -0.117. The van der Waals surface area contributed by atoms with Gasteiger partial charge in [0, 0.05) is 17.2 Å². The van der Waals surface area contributed by atoms with Crippen LogP contribution in [0, 0.1) is 0 Å². The SMILES string of the molecule is CC(NC(=O)/C=C/c1cccs1)c1ccccn1. The summed E-state index contributed by atoms with van der Waals surface area (Å²) in [5.74, 6) is -0.110. The molecule has 3 nitrogen and oxygen atoms in total. The third-order valence-corrected chi connectivity index (χ3v) is 3.27. The maximum atomic E-state index is 11.7. The summed E-state index contributed by atoms with van der Waals surface area (Å²) in [5, 5.41) is 4.86. The molecule has 0 saturated heterocycles. The Kier molecular flexibility index (Phi) is 4.25. The van der Waals surface area contributed by atoms with Crippen molar-refractivity contribution in [2.75, 3.05) is 0 Å². The van der Waals surface area contributed by atoms with Crippen LogP contribution in [0.15, 0.2) is 48.0 Å². The second-order valence-electron chi connectivity index (χ2n) is 3.83. The minimum atomic E-state index is -0.110. The van der Waals surface area contributed by atoms with E-state index >= 15 is 0 Å². The fraction of sp³-hybridized carbons (Fsp3) is 0.143. The van der Waals surface area contributed by atoms with E-state index in [-0.39, 0.29) is 11.9 Å². The van der Waals surface area contributed by atoms with Crippen LogP contribution in [0.1, 0.15) is 23.5 Å². The maximum absolute atomic E-state index is 11.7. The zero-order chi connectivity index (χ0) is 12.8. The van der Waals surface area contributed by atoms with Gasteiger partial charge in [0.15, 0.2) is 0 Å². The van der Waals surface area contributed by atoms with Gasteiger partial charge < -0.3 is 5.32 Å². The zero-order valence-corrected chi connectivity index (χ0v) is 10.9. The summed E-state index contributed by atoms with van der Waals surface area (Å²) in [4.78, 5) is 17.0. The van der Waals surface area contributed by atoms with Gasteiger partial charge in [0.1, 0.15) is 0 Å². The molecule has 2 rings (SSSR count). The third kappa shape index (κ3) is 3.53. The number of hydrogen-bond donors (Lipinski definition) is 1. The van der Waals surface area contributed by atoms with Crippen molar-refractivity contribution in [3.63, 3.8) is 0 Å². The van der Waals surface area contributed by atoms with Crippen LogP contribution in [0.2, 0.25) is 0 Å². The van der Waals surface area contributed by atoms with Crippen molar-refractivity contribution in [3.8, 4) is 0 Å². The van der Waals surface area contributed by atoms with Gasteiger partial charge in [0.25, 0.3) is 0 Å². The summed E-state index contributed by atoms with van der Waals surface area (Å²) in [6.45, 7) is 1.92. The molecule has 0 aliphatic carbocycles. The summed E-state index contributed by atoms with van der Waals surface area (Å²) in [6, 6.07) is 9.50. The minimum Gasteiger partial charge on any atom is -0.344 e. The maximum Gasteiger partial charge on any atom is 0.244 e. The Morgan fingerprint density at radius 1 is 1.39 bits per heavy atom. The van der Waals surface area contributed by atoms with Crippen LogP contribution in [0.3, 0.4) is 0 Å². The highest BCUT2D eigenvalue weighted by Gasteiger charge is 2.07. The van der Waals surface area contributed by atoms with E-state index in [9.17, 15) is 4.79 Å². The summed E-state index contributed by atoms with van der Waals surface area (Å²) >= 11 is 1.60. The highest BCUT2D eigenvalue weighted by Crippen LogP contribution is 2.11. The highest BCUT2D eigenvalue weighted by molar-refractivity contribution is 7.10. The average molecular weight is 258 g/mol. The van der Waals surface area contributed by atoms with E-state index in [0.29, 0.717) is 0 Å². The molecule has 2 aromatic heterocycles. The number of nitrogens with zero attached hydrogens (tertiary/aromatic N) is 1. The molecule has 0 aliphatic heterocycles. The molecule has 1 unspecified atom stereocenters. The third-order valence-electron chi connectivity index (χ3n) is 2.43. The van der Waals surface area contributed by atoms with E-state index in [0.717, 1.165) is 10.6 Å². The van der Waals surface area contributed by atoms with Gasteiger partial charge in [-0.3, -0.25) is 9.78 Å². The van der Waals surface area contributed by atoms with Gasteiger partial charge >= 0.3 is 0 Å². The molecule has 0 radical (unpaired) electrons. The van der Waals surface area contributed by atoms with Crippen molar-refractivity contribution in [3.05, 3.63) is 58.6 Å². The Labute approximate surface area is 110 Å². The minimum absolute atomic E-state index is 0.0910. The molecule has 2 heterocycles. The number of rotatable bonds is 4. The van der Waals surface area contributed by atoms with Crippen LogP contribution in [-0.4, -0.2) is 10.9 Å². The molecule has 18 heavy (non-hydrogen) atoms. The van der Waals surface area contributed by atoms with Crippen LogP contribution < -0.4 is 5.32 Å². The molecular weight excluding hydrogens is 244 g/mol. The fourth-order valence-corrected chi connectivity index (χ4v) is 2.13. The summed E-state index contributed by atoms with van der Waals surface area (Å²) in [7, 11) is 0. The van der Waals surface area contributed by atoms with E-state index in [1.807, 2.05) is 48.7 Å². The predicted molar refractivity (Wildman–Crippen MR) is 74.1 cm³/mol. The van der Waals surface area contributed by atoms with E-state index < -0.39 is 0 Å². The van der Waals surface area contributed by atoms with Crippen molar-refractivity contribution in [2.45, 2.75) is 13.0 Å². The Bertz CT molecular complexity index is 520. The van der Waals surface area contributed by atoms with Crippen LogP contribution in [0.5, 0.6) is 0 Å². The van der Waals surface area contributed by atoms with Crippen molar-refractivity contribution in [1.29, 1.82) is 0 Å². The van der Waals surface area contributed by atoms with E-state index in [2.05, 4.69) is 10.3 Å². The molecule has 1 atom stereocenters. The van der Waals surface area contributed by atoms with Crippen molar-refractivity contribution >= 4 is 23.3 Å². The predicted octanol–water partition coefficient (Wildman–Crippen LogP) is 3.03. The summed E-state index contributed by atoms with van der Waals surface area (Å²) in [6.07, 6.45) is 5.08. The normalized spacial score (nSPS) is 12.5. The molecule has 2 aromatic rings. The van der Waals surface area contributed by atoms with Gasteiger partial charge in [0.2, 0.25) is 5.91 Å². The topological polar surface area (TPSA) is 42.0 Å². The lowest BCUT2D eigenvalue weighted by Crippen LogP contribution is -2.25. The number of amides is 1. The number of pyridine rings is 1.